The summed E-state index contributed by atoms with van der Waals surface area (Å²) in [5.74, 6) is 0.460. The largest absolute Gasteiger partial charge is 0.466 e. The Labute approximate surface area is 140 Å². The van der Waals surface area contributed by atoms with Crippen LogP contribution >= 0.6 is 0 Å². The minimum atomic E-state index is -0.191. The van der Waals surface area contributed by atoms with Crippen molar-refractivity contribution in [1.82, 2.24) is 0 Å². The van der Waals surface area contributed by atoms with E-state index in [4.69, 9.17) is 9.47 Å². The summed E-state index contributed by atoms with van der Waals surface area (Å²) in [5, 5.41) is 0. The van der Waals surface area contributed by atoms with E-state index in [-0.39, 0.29) is 12.1 Å². The maximum atomic E-state index is 11.9. The maximum absolute atomic E-state index is 11.9. The summed E-state index contributed by atoms with van der Waals surface area (Å²) in [6.07, 6.45) is 13.9. The fourth-order valence-corrected chi connectivity index (χ4v) is 3.39. The zero-order chi connectivity index (χ0) is 16.7. The molecule has 0 amide bonds. The highest BCUT2D eigenvalue weighted by molar-refractivity contribution is 5.88. The Kier molecular flexibility index (Phi) is 7.10. The second-order valence-electron chi connectivity index (χ2n) is 6.78. The van der Waals surface area contributed by atoms with Gasteiger partial charge >= 0.3 is 5.97 Å². The molecule has 0 saturated carbocycles. The van der Waals surface area contributed by atoms with Crippen LogP contribution in [0.1, 0.15) is 58.8 Å². The number of methoxy groups -OCH3 is 1. The lowest BCUT2D eigenvalue weighted by atomic mass is 9.91. The lowest BCUT2D eigenvalue weighted by molar-refractivity contribution is -0.136. The third-order valence-electron chi connectivity index (χ3n) is 4.91. The van der Waals surface area contributed by atoms with Gasteiger partial charge in [0.15, 0.2) is 0 Å². The third kappa shape index (κ3) is 5.65. The lowest BCUT2D eigenvalue weighted by Crippen LogP contribution is -2.14. The van der Waals surface area contributed by atoms with Crippen LogP contribution in [-0.4, -0.2) is 25.8 Å². The molecule has 2 rings (SSSR count). The molecule has 0 aromatic heterocycles. The van der Waals surface area contributed by atoms with E-state index in [2.05, 4.69) is 26.0 Å². The zero-order valence-electron chi connectivity index (χ0n) is 14.8. The van der Waals surface area contributed by atoms with Crippen molar-refractivity contribution in [3.63, 3.8) is 0 Å². The molecule has 23 heavy (non-hydrogen) atoms. The van der Waals surface area contributed by atoms with Crippen molar-refractivity contribution in [3.8, 4) is 0 Å². The Hall–Kier alpha value is -1.35. The molecule has 2 atom stereocenters. The summed E-state index contributed by atoms with van der Waals surface area (Å²) < 4.78 is 10.8. The van der Waals surface area contributed by atoms with Gasteiger partial charge in [0.25, 0.3) is 0 Å². The molecule has 0 radical (unpaired) electrons. The van der Waals surface area contributed by atoms with Gasteiger partial charge in [0.2, 0.25) is 0 Å². The number of allylic oxidation sites excluding steroid dienone is 4. The molecule has 128 valence electrons. The van der Waals surface area contributed by atoms with Crippen LogP contribution in [0.2, 0.25) is 0 Å². The molecule has 0 bridgehead atoms. The van der Waals surface area contributed by atoms with Gasteiger partial charge in [0.05, 0.1) is 13.2 Å². The van der Waals surface area contributed by atoms with Crippen molar-refractivity contribution in [1.29, 1.82) is 0 Å². The van der Waals surface area contributed by atoms with Gasteiger partial charge in [-0.2, -0.15) is 0 Å². The Bertz CT molecular complexity index is 499. The standard InChI is InChI=1S/C20H30O3/c1-15-6-4-8-18(20(21)22-3)9-5-7-16(2)14-19-17(11-10-15)12-13-23-19/h6,9,14,17,19H,4-5,7-8,10-13H2,1-3H3/b15-6+,16-14+,18-9-/t17-,19+/m0/s1. The lowest BCUT2D eigenvalue weighted by Gasteiger charge is -2.17. The number of fused-ring (bicyclic) bond motifs is 1. The van der Waals surface area contributed by atoms with Crippen molar-refractivity contribution in [2.24, 2.45) is 5.92 Å². The Morgan fingerprint density at radius 2 is 1.87 bits per heavy atom. The van der Waals surface area contributed by atoms with Crippen LogP contribution in [0.4, 0.5) is 0 Å². The molecular formula is C20H30O3. The quantitative estimate of drug-likeness (QED) is 0.517. The molecule has 0 spiro atoms. The number of carbonyl (C=O) groups is 1. The van der Waals surface area contributed by atoms with E-state index in [9.17, 15) is 4.79 Å². The average molecular weight is 318 g/mol. The van der Waals surface area contributed by atoms with Crippen molar-refractivity contribution in [2.45, 2.75) is 64.9 Å². The van der Waals surface area contributed by atoms with Crippen molar-refractivity contribution < 1.29 is 14.3 Å². The summed E-state index contributed by atoms with van der Waals surface area (Å²) in [6, 6.07) is 0. The van der Waals surface area contributed by atoms with E-state index in [0.29, 0.717) is 5.92 Å². The summed E-state index contributed by atoms with van der Waals surface area (Å²) in [6.45, 7) is 5.25. The fourth-order valence-electron chi connectivity index (χ4n) is 3.39. The van der Waals surface area contributed by atoms with E-state index >= 15 is 0 Å². The van der Waals surface area contributed by atoms with E-state index < -0.39 is 0 Å². The number of ether oxygens (including phenoxy) is 2. The first-order valence-electron chi connectivity index (χ1n) is 8.82. The number of hydrogen-bond donors (Lipinski definition) is 0. The van der Waals surface area contributed by atoms with Crippen LogP contribution in [0.25, 0.3) is 0 Å². The zero-order valence-corrected chi connectivity index (χ0v) is 14.8. The van der Waals surface area contributed by atoms with Crippen molar-refractivity contribution in [2.75, 3.05) is 13.7 Å². The third-order valence-corrected chi connectivity index (χ3v) is 4.91. The predicted octanol–water partition coefficient (Wildman–Crippen LogP) is 4.74. The van der Waals surface area contributed by atoms with E-state index in [1.165, 1.54) is 31.1 Å². The van der Waals surface area contributed by atoms with Crippen LogP contribution in [-0.2, 0) is 14.3 Å². The van der Waals surface area contributed by atoms with Gasteiger partial charge < -0.3 is 9.47 Å². The summed E-state index contributed by atoms with van der Waals surface area (Å²) in [7, 11) is 1.46. The number of esters is 1. The Balaban J connectivity index is 2.13. The number of carbonyl (C=O) groups excluding carboxylic acids is 1. The molecule has 1 heterocycles. The molecule has 1 aliphatic heterocycles. The first-order valence-corrected chi connectivity index (χ1v) is 8.82. The van der Waals surface area contributed by atoms with Gasteiger partial charge in [-0.3, -0.25) is 0 Å². The highest BCUT2D eigenvalue weighted by Gasteiger charge is 2.26. The first-order chi connectivity index (χ1) is 11.1. The molecule has 1 aliphatic carbocycles. The Morgan fingerprint density at radius 3 is 2.65 bits per heavy atom. The van der Waals surface area contributed by atoms with Crippen LogP contribution in [0, 0.1) is 5.92 Å². The van der Waals surface area contributed by atoms with Crippen molar-refractivity contribution >= 4 is 5.97 Å². The van der Waals surface area contributed by atoms with Gasteiger partial charge in [-0.1, -0.05) is 29.4 Å². The summed E-state index contributed by atoms with van der Waals surface area (Å²) >= 11 is 0. The maximum Gasteiger partial charge on any atom is 0.333 e. The number of hydrogen-bond acceptors (Lipinski definition) is 3. The van der Waals surface area contributed by atoms with Gasteiger partial charge in [-0.05, 0) is 64.7 Å². The van der Waals surface area contributed by atoms with Crippen LogP contribution in [0.3, 0.4) is 0 Å². The molecule has 2 aliphatic rings. The van der Waals surface area contributed by atoms with E-state index in [1.807, 2.05) is 6.08 Å². The molecule has 0 aromatic rings. The second kappa shape index (κ2) is 9.07. The van der Waals surface area contributed by atoms with Gasteiger partial charge in [0, 0.05) is 12.2 Å². The topological polar surface area (TPSA) is 35.5 Å². The van der Waals surface area contributed by atoms with Crippen molar-refractivity contribution in [3.05, 3.63) is 34.9 Å². The molecule has 0 unspecified atom stereocenters. The first kappa shape index (κ1) is 18.0. The van der Waals surface area contributed by atoms with Crippen LogP contribution < -0.4 is 0 Å². The highest BCUT2D eigenvalue weighted by Crippen LogP contribution is 2.29. The molecule has 0 N–H and O–H groups in total. The smallest absolute Gasteiger partial charge is 0.333 e. The molecule has 3 heteroatoms. The minimum absolute atomic E-state index is 0.191. The second-order valence-corrected chi connectivity index (χ2v) is 6.78. The summed E-state index contributed by atoms with van der Waals surface area (Å²) in [4.78, 5) is 11.9. The highest BCUT2D eigenvalue weighted by atomic mass is 16.5. The summed E-state index contributed by atoms with van der Waals surface area (Å²) in [5.41, 5.74) is 3.57. The fraction of sp³-hybridized carbons (Fsp3) is 0.650. The van der Waals surface area contributed by atoms with Crippen LogP contribution in [0.5, 0.6) is 0 Å². The van der Waals surface area contributed by atoms with E-state index in [1.54, 1.807) is 0 Å². The molecule has 3 nitrogen and oxygen atoms in total. The minimum Gasteiger partial charge on any atom is -0.466 e. The monoisotopic (exact) mass is 318 g/mol. The van der Waals surface area contributed by atoms with E-state index in [0.717, 1.165) is 44.3 Å². The molecule has 0 aromatic carbocycles. The van der Waals surface area contributed by atoms with Crippen LogP contribution in [0.15, 0.2) is 34.9 Å². The van der Waals surface area contributed by atoms with Gasteiger partial charge in [-0.25, -0.2) is 4.79 Å². The molecule has 1 fully saturated rings. The van der Waals surface area contributed by atoms with Gasteiger partial charge in [0.1, 0.15) is 0 Å². The normalized spacial score (nSPS) is 34.0. The molecule has 1 saturated heterocycles. The number of rotatable bonds is 1. The SMILES string of the molecule is COC(=O)/C1=C\CC/C(C)=C/[C@H]2OCC[C@@H]2CC/C(C)=C/CC1. The average Bonchev–Trinajstić information content (AvgIpc) is 2.97. The van der Waals surface area contributed by atoms with Gasteiger partial charge in [-0.15, -0.1) is 0 Å². The predicted molar refractivity (Wildman–Crippen MR) is 93.2 cm³/mol. The Morgan fingerprint density at radius 1 is 1.09 bits per heavy atom. The molecular weight excluding hydrogens is 288 g/mol.